The molecule has 0 atom stereocenters. The minimum Gasteiger partial charge on any atom is -0.494 e. The largest absolute Gasteiger partial charge is 0.494 e. The van der Waals surface area contributed by atoms with Crippen LogP contribution < -0.4 is 15.5 Å². The topological polar surface area (TPSA) is 79.8 Å². The van der Waals surface area contributed by atoms with Crippen LogP contribution >= 0.6 is 23.2 Å². The third-order valence-electron chi connectivity index (χ3n) is 3.43. The number of halogens is 2. The first-order valence-corrected chi connectivity index (χ1v) is 8.46. The number of hydrogen-bond acceptors (Lipinski definition) is 4. The van der Waals surface area contributed by atoms with Gasteiger partial charge in [-0.25, -0.2) is 5.43 Å². The molecule has 0 saturated carbocycles. The van der Waals surface area contributed by atoms with Gasteiger partial charge in [-0.2, -0.15) is 5.10 Å². The maximum absolute atomic E-state index is 11.8. The molecule has 0 aromatic heterocycles. The number of benzene rings is 2. The van der Waals surface area contributed by atoms with E-state index in [0.717, 1.165) is 12.0 Å². The van der Waals surface area contributed by atoms with Gasteiger partial charge in [-0.3, -0.25) is 9.59 Å². The van der Waals surface area contributed by atoms with Crippen molar-refractivity contribution >= 4 is 46.9 Å². The van der Waals surface area contributed by atoms with E-state index in [9.17, 15) is 9.59 Å². The van der Waals surface area contributed by atoms with Gasteiger partial charge < -0.3 is 10.1 Å². The lowest BCUT2D eigenvalue weighted by atomic mass is 10.1. The smallest absolute Gasteiger partial charge is 0.329 e. The summed E-state index contributed by atoms with van der Waals surface area (Å²) < 4.78 is 5.04. The molecule has 2 N–H and O–H groups in total. The Morgan fingerprint density at radius 2 is 1.73 bits per heavy atom. The summed E-state index contributed by atoms with van der Waals surface area (Å²) in [4.78, 5) is 23.6. The highest BCUT2D eigenvalue weighted by atomic mass is 35.5. The van der Waals surface area contributed by atoms with Crippen molar-refractivity contribution in [1.29, 1.82) is 0 Å². The van der Waals surface area contributed by atoms with E-state index >= 15 is 0 Å². The minimum absolute atomic E-state index is 0.307. The molecule has 0 saturated heterocycles. The first-order valence-electron chi connectivity index (χ1n) is 7.71. The second-order valence-electron chi connectivity index (χ2n) is 5.22. The summed E-state index contributed by atoms with van der Waals surface area (Å²) in [5, 5.41) is 6.83. The molecule has 6 nitrogen and oxygen atoms in total. The van der Waals surface area contributed by atoms with E-state index in [1.165, 1.54) is 13.3 Å². The van der Waals surface area contributed by atoms with Crippen molar-refractivity contribution in [1.82, 2.24) is 5.43 Å². The highest BCUT2D eigenvalue weighted by molar-refractivity contribution is 6.39. The number of anilines is 1. The summed E-state index contributed by atoms with van der Waals surface area (Å²) in [6, 6.07) is 10.4. The number of ether oxygens (including phenoxy) is 1. The van der Waals surface area contributed by atoms with Crippen molar-refractivity contribution in [2.45, 2.75) is 13.3 Å². The zero-order valence-corrected chi connectivity index (χ0v) is 15.7. The Balaban J connectivity index is 1.94. The Hall–Kier alpha value is -2.57. The van der Waals surface area contributed by atoms with Crippen molar-refractivity contribution in [3.63, 3.8) is 0 Å². The highest BCUT2D eigenvalue weighted by Gasteiger charge is 2.13. The summed E-state index contributed by atoms with van der Waals surface area (Å²) in [6.45, 7) is 2.03. The molecule has 0 aliphatic rings. The molecular weight excluding hydrogens is 377 g/mol. The molecule has 2 aromatic carbocycles. The van der Waals surface area contributed by atoms with Crippen LogP contribution in [-0.4, -0.2) is 25.1 Å². The fourth-order valence-electron chi connectivity index (χ4n) is 2.08. The number of carbonyl (C=O) groups excluding carboxylic acids is 2. The molecule has 0 fully saturated rings. The van der Waals surface area contributed by atoms with Gasteiger partial charge in [0.1, 0.15) is 0 Å². The number of amides is 2. The lowest BCUT2D eigenvalue weighted by molar-refractivity contribution is -0.136. The SMILES string of the molecule is CCc1ccc(NC(=O)C(=O)N/N=C\c2cc(Cl)c(OC)c(Cl)c2)cc1. The Kier molecular flexibility index (Phi) is 7.00. The number of nitrogens with one attached hydrogen (secondary N) is 2. The van der Waals surface area contributed by atoms with Gasteiger partial charge in [-0.15, -0.1) is 0 Å². The summed E-state index contributed by atoms with van der Waals surface area (Å²) in [5.74, 6) is -1.37. The fourth-order valence-corrected chi connectivity index (χ4v) is 2.74. The number of nitrogens with zero attached hydrogens (tertiary/aromatic N) is 1. The van der Waals surface area contributed by atoms with Crippen molar-refractivity contribution in [3.05, 3.63) is 57.6 Å². The van der Waals surface area contributed by atoms with Crippen LogP contribution in [0.4, 0.5) is 5.69 Å². The van der Waals surface area contributed by atoms with Crippen molar-refractivity contribution < 1.29 is 14.3 Å². The van der Waals surface area contributed by atoms with Gasteiger partial charge >= 0.3 is 11.8 Å². The number of hydrazone groups is 1. The molecule has 2 amide bonds. The van der Waals surface area contributed by atoms with Gasteiger partial charge in [0.15, 0.2) is 5.75 Å². The molecule has 0 unspecified atom stereocenters. The van der Waals surface area contributed by atoms with E-state index in [0.29, 0.717) is 27.0 Å². The minimum atomic E-state index is -0.897. The molecule has 0 aliphatic carbocycles. The van der Waals surface area contributed by atoms with E-state index in [1.807, 2.05) is 19.1 Å². The van der Waals surface area contributed by atoms with Gasteiger partial charge in [0.2, 0.25) is 0 Å². The van der Waals surface area contributed by atoms with Crippen LogP contribution in [0.5, 0.6) is 5.75 Å². The predicted octanol–water partition coefficient (Wildman–Crippen LogP) is 3.65. The first kappa shape index (κ1) is 19.8. The summed E-state index contributed by atoms with van der Waals surface area (Å²) >= 11 is 12.0. The van der Waals surface area contributed by atoms with Crippen LogP contribution in [0.3, 0.4) is 0 Å². The third-order valence-corrected chi connectivity index (χ3v) is 3.99. The van der Waals surface area contributed by atoms with Crippen LogP contribution in [0.2, 0.25) is 10.0 Å². The molecule has 0 aliphatic heterocycles. The van der Waals surface area contributed by atoms with E-state index in [4.69, 9.17) is 27.9 Å². The monoisotopic (exact) mass is 393 g/mol. The number of methoxy groups -OCH3 is 1. The van der Waals surface area contributed by atoms with Gasteiger partial charge in [-0.05, 0) is 41.8 Å². The average molecular weight is 394 g/mol. The highest BCUT2D eigenvalue weighted by Crippen LogP contribution is 2.33. The molecule has 2 rings (SSSR count). The first-order chi connectivity index (χ1) is 12.4. The van der Waals surface area contributed by atoms with Crippen LogP contribution in [0, 0.1) is 0 Å². The quantitative estimate of drug-likeness (QED) is 0.462. The van der Waals surface area contributed by atoms with E-state index in [-0.39, 0.29) is 0 Å². The number of hydrogen-bond donors (Lipinski definition) is 2. The second kappa shape index (κ2) is 9.22. The van der Waals surface area contributed by atoms with Gasteiger partial charge in [0, 0.05) is 5.69 Å². The molecule has 0 spiro atoms. The Bertz CT molecular complexity index is 813. The van der Waals surface area contributed by atoms with Crippen molar-refractivity contribution in [3.8, 4) is 5.75 Å². The Labute approximate surface area is 161 Å². The lowest BCUT2D eigenvalue weighted by Gasteiger charge is -2.06. The lowest BCUT2D eigenvalue weighted by Crippen LogP contribution is -2.32. The van der Waals surface area contributed by atoms with E-state index < -0.39 is 11.8 Å². The van der Waals surface area contributed by atoms with Crippen molar-refractivity contribution in [2.75, 3.05) is 12.4 Å². The third kappa shape index (κ3) is 5.21. The molecule has 2 aromatic rings. The van der Waals surface area contributed by atoms with Crippen LogP contribution in [-0.2, 0) is 16.0 Å². The molecular formula is C18H17Cl2N3O3. The van der Waals surface area contributed by atoms with Crippen LogP contribution in [0.15, 0.2) is 41.5 Å². The van der Waals surface area contributed by atoms with E-state index in [1.54, 1.807) is 24.3 Å². The molecule has 136 valence electrons. The zero-order valence-electron chi connectivity index (χ0n) is 14.2. The normalized spacial score (nSPS) is 10.6. The molecule has 8 heteroatoms. The standard InChI is InChI=1S/C18H17Cl2N3O3/c1-3-11-4-6-13(7-5-11)22-17(24)18(25)23-21-10-12-8-14(19)16(26-2)15(20)9-12/h4-10H,3H2,1-2H3,(H,22,24)(H,23,25)/b21-10-. The summed E-state index contributed by atoms with van der Waals surface area (Å²) in [7, 11) is 1.45. The fraction of sp³-hybridized carbons (Fsp3) is 0.167. The van der Waals surface area contributed by atoms with Gasteiger partial charge in [0.25, 0.3) is 0 Å². The predicted molar refractivity (Wildman–Crippen MR) is 103 cm³/mol. The van der Waals surface area contributed by atoms with Crippen LogP contribution in [0.1, 0.15) is 18.1 Å². The molecule has 0 radical (unpaired) electrons. The van der Waals surface area contributed by atoms with E-state index in [2.05, 4.69) is 15.8 Å². The number of carbonyl (C=O) groups is 2. The van der Waals surface area contributed by atoms with Gasteiger partial charge in [0.05, 0.1) is 23.4 Å². The Morgan fingerprint density at radius 3 is 2.27 bits per heavy atom. The second-order valence-corrected chi connectivity index (χ2v) is 6.04. The average Bonchev–Trinajstić information content (AvgIpc) is 2.62. The zero-order chi connectivity index (χ0) is 19.1. The maximum Gasteiger partial charge on any atom is 0.329 e. The maximum atomic E-state index is 11.8. The molecule has 26 heavy (non-hydrogen) atoms. The number of aryl methyl sites for hydroxylation is 1. The Morgan fingerprint density at radius 1 is 1.12 bits per heavy atom. The molecule has 0 bridgehead atoms. The van der Waals surface area contributed by atoms with Crippen molar-refractivity contribution in [2.24, 2.45) is 5.10 Å². The number of rotatable bonds is 5. The molecule has 0 heterocycles. The van der Waals surface area contributed by atoms with Gasteiger partial charge in [-0.1, -0.05) is 42.3 Å². The summed E-state index contributed by atoms with van der Waals surface area (Å²) in [5.41, 5.74) is 4.34. The summed E-state index contributed by atoms with van der Waals surface area (Å²) in [6.07, 6.45) is 2.21. The van der Waals surface area contributed by atoms with Crippen LogP contribution in [0.25, 0.3) is 0 Å².